The van der Waals surface area contributed by atoms with Gasteiger partial charge < -0.3 is 25.2 Å². The summed E-state index contributed by atoms with van der Waals surface area (Å²) in [6.45, 7) is 17.3. The summed E-state index contributed by atoms with van der Waals surface area (Å²) in [5.74, 6) is 0.560. The van der Waals surface area contributed by atoms with Gasteiger partial charge in [0.15, 0.2) is 0 Å². The van der Waals surface area contributed by atoms with Crippen molar-refractivity contribution in [3.05, 3.63) is 42.9 Å². The van der Waals surface area contributed by atoms with E-state index < -0.39 is 0 Å². The second kappa shape index (κ2) is 21.7. The summed E-state index contributed by atoms with van der Waals surface area (Å²) in [6.07, 6.45) is 3.36. The molecule has 5 heteroatoms. The van der Waals surface area contributed by atoms with Crippen LogP contribution in [0, 0.1) is 26.3 Å². The molecule has 1 aliphatic rings. The zero-order chi connectivity index (χ0) is 16.2. The monoisotopic (exact) mass is 429 g/mol. The molecule has 1 unspecified atom stereocenters. The van der Waals surface area contributed by atoms with Crippen LogP contribution in [-0.2, 0) is 24.2 Å². The van der Waals surface area contributed by atoms with Crippen molar-refractivity contribution in [3.63, 3.8) is 0 Å². The summed E-state index contributed by atoms with van der Waals surface area (Å²) in [7, 11) is 0. The maximum Gasteiger partial charge on any atom is -0.358 e. The van der Waals surface area contributed by atoms with Gasteiger partial charge in [0.05, 0.1) is 0 Å². The van der Waals surface area contributed by atoms with Gasteiger partial charge in [0.1, 0.15) is 0 Å². The predicted molar refractivity (Wildman–Crippen MR) is 105 cm³/mol. The van der Waals surface area contributed by atoms with E-state index in [0.29, 0.717) is 5.92 Å². The molecule has 0 aliphatic heterocycles. The maximum absolute atomic E-state index is 7.46. The van der Waals surface area contributed by atoms with Crippen molar-refractivity contribution in [1.82, 2.24) is 0 Å². The molecule has 0 bridgehead atoms. The molecule has 0 saturated carbocycles. The Balaban J connectivity index is -0.0000000433. The van der Waals surface area contributed by atoms with E-state index in [2.05, 4.69) is 44.9 Å². The first kappa shape index (κ1) is 38.3. The fourth-order valence-corrected chi connectivity index (χ4v) is 1.16. The van der Waals surface area contributed by atoms with Crippen LogP contribution in [0.1, 0.15) is 48.5 Å². The average Bonchev–Trinajstić information content (AvgIpc) is 2.47. The Morgan fingerprint density at radius 1 is 1.23 bits per heavy atom. The van der Waals surface area contributed by atoms with Crippen molar-refractivity contribution < 1.29 is 29.3 Å². The molecular weight excluding hydrogens is 396 g/mol. The predicted octanol–water partition coefficient (Wildman–Crippen LogP) is 5.63. The summed E-state index contributed by atoms with van der Waals surface area (Å²) in [5, 5.41) is 7.46. The summed E-state index contributed by atoms with van der Waals surface area (Å²) in [6, 6.07) is 0. The molecule has 2 N–H and O–H groups in total. The first-order chi connectivity index (χ1) is 8.54. The van der Waals surface area contributed by atoms with Crippen molar-refractivity contribution in [2.45, 2.75) is 54.0 Å². The van der Waals surface area contributed by atoms with Crippen molar-refractivity contribution in [3.8, 4) is 0 Å². The molecule has 0 amide bonds. The van der Waals surface area contributed by atoms with E-state index in [1.165, 1.54) is 41.0 Å². The minimum absolute atomic E-state index is 0. The molecular formula is C17H35Cl2NOZr-4. The summed E-state index contributed by atoms with van der Waals surface area (Å²) < 4.78 is 3.34. The third-order valence-corrected chi connectivity index (χ3v) is 2.24. The molecule has 0 spiro atoms. The van der Waals surface area contributed by atoms with Gasteiger partial charge in [-0.2, -0.15) is 11.1 Å². The van der Waals surface area contributed by atoms with Gasteiger partial charge in [-0.1, -0.05) is 54.1 Å². The first-order valence-electron chi connectivity index (χ1n) is 6.32. The molecule has 1 atom stereocenters. The standard InChI is InChI=1S/C9H13.C4H10N.C2H5O.CH3.CH2.2ClH.Zr/c1-6-5-7(2)9(4)8(6)3;1-4(2,3)5;1-2-3;;;;;/h6H,1-4H3;5H,1-3H3;3H,1-2H2;1H3;1H2;2*1H;/q4*-1;;;;. The van der Waals surface area contributed by atoms with Crippen LogP contribution in [-0.4, -0.2) is 21.5 Å². The van der Waals surface area contributed by atoms with Crippen LogP contribution in [0.4, 0.5) is 0 Å². The van der Waals surface area contributed by atoms with Gasteiger partial charge in [-0.3, -0.25) is 6.08 Å². The van der Waals surface area contributed by atoms with Crippen molar-refractivity contribution in [2.75, 3.05) is 6.61 Å². The fraction of sp³-hybridized carbons (Fsp3) is 0.588. The Morgan fingerprint density at radius 3 is 1.50 bits per heavy atom. The van der Waals surface area contributed by atoms with E-state index in [9.17, 15) is 0 Å². The molecule has 0 aromatic heterocycles. The molecule has 1 aliphatic carbocycles. The average molecular weight is 432 g/mol. The van der Waals surface area contributed by atoms with E-state index in [0.717, 1.165) is 0 Å². The van der Waals surface area contributed by atoms with E-state index in [1.54, 1.807) is 0 Å². The Morgan fingerprint density at radius 2 is 1.45 bits per heavy atom. The Hall–Kier alpha value is 0.733. The summed E-state index contributed by atoms with van der Waals surface area (Å²) >= 11 is 1.30. The normalized spacial score (nSPS) is 14.8. The number of halogens is 2. The molecule has 0 aromatic carbocycles. The summed E-state index contributed by atoms with van der Waals surface area (Å²) in [5.41, 5.74) is 10.9. The van der Waals surface area contributed by atoms with Crippen molar-refractivity contribution >= 4 is 29.0 Å². The molecule has 0 fully saturated rings. The third kappa shape index (κ3) is 28.8. The van der Waals surface area contributed by atoms with E-state index >= 15 is 0 Å². The van der Waals surface area contributed by atoms with Crippen LogP contribution in [0.3, 0.4) is 0 Å². The van der Waals surface area contributed by atoms with Crippen LogP contribution >= 0.6 is 24.8 Å². The molecule has 136 valence electrons. The van der Waals surface area contributed by atoms with Crippen LogP contribution in [0.15, 0.2) is 16.7 Å². The summed E-state index contributed by atoms with van der Waals surface area (Å²) in [4.78, 5) is 0. The Labute approximate surface area is 167 Å². The number of aliphatic hydroxyl groups is 1. The second-order valence-electron chi connectivity index (χ2n) is 5.27. The smallest absolute Gasteiger partial charge is 0.358 e. The molecule has 0 radical (unpaired) electrons. The number of nitrogens with one attached hydrogen (secondary N) is 1. The van der Waals surface area contributed by atoms with Gasteiger partial charge in [-0.15, -0.1) is 37.3 Å². The van der Waals surface area contributed by atoms with Gasteiger partial charge in [-0.05, 0) is 0 Å². The molecule has 0 aromatic rings. The zero-order valence-electron chi connectivity index (χ0n) is 15.5. The van der Waals surface area contributed by atoms with E-state index in [1.807, 2.05) is 20.8 Å². The maximum atomic E-state index is 7.46. The SMILES string of the molecule is CC(C)(C)[NH-].CC1=[C-]C(C)C(C)=C1C.Cl.Cl.[CH2-]CO.[CH2]=[Zr].[CH3-]. The zero-order valence-corrected chi connectivity index (χ0v) is 19.6. The number of rotatable bonds is 0. The Bertz CT molecular complexity index is 292. The number of hydrogen-bond acceptors (Lipinski definition) is 1. The molecule has 2 nitrogen and oxygen atoms in total. The number of allylic oxidation sites excluding steroid dienone is 4. The third-order valence-electron chi connectivity index (χ3n) is 2.24. The van der Waals surface area contributed by atoms with E-state index in [-0.39, 0.29) is 44.4 Å². The van der Waals surface area contributed by atoms with Crippen LogP contribution in [0.25, 0.3) is 5.73 Å². The van der Waals surface area contributed by atoms with Gasteiger partial charge >= 0.3 is 28.4 Å². The van der Waals surface area contributed by atoms with Crippen molar-refractivity contribution in [2.24, 2.45) is 5.92 Å². The largest absolute Gasteiger partial charge is 0.358 e. The molecule has 0 heterocycles. The quantitative estimate of drug-likeness (QED) is 0.496. The van der Waals surface area contributed by atoms with E-state index in [4.69, 9.17) is 10.8 Å². The molecule has 0 saturated heterocycles. The first-order valence-corrected chi connectivity index (χ1v) is 8.06. The number of hydrogen-bond donors (Lipinski definition) is 1. The Kier molecular flexibility index (Phi) is 37.9. The minimum atomic E-state index is -0.250. The molecule has 1 rings (SSSR count). The van der Waals surface area contributed by atoms with Gasteiger partial charge in [-0.25, -0.2) is 5.57 Å². The fourth-order valence-electron chi connectivity index (χ4n) is 1.16. The van der Waals surface area contributed by atoms with Crippen LogP contribution < -0.4 is 0 Å². The topological polar surface area (TPSA) is 44.0 Å². The second-order valence-corrected chi connectivity index (χ2v) is 5.27. The van der Waals surface area contributed by atoms with Crippen molar-refractivity contribution in [1.29, 1.82) is 0 Å². The van der Waals surface area contributed by atoms with Crippen LogP contribution in [0.5, 0.6) is 0 Å². The minimum Gasteiger partial charge on any atom is -0.358 e. The van der Waals surface area contributed by atoms with Crippen LogP contribution in [0.2, 0.25) is 0 Å². The number of aliphatic hydroxyl groups excluding tert-OH is 1. The van der Waals surface area contributed by atoms with Gasteiger partial charge in [0, 0.05) is 0 Å². The van der Waals surface area contributed by atoms with Gasteiger partial charge in [0.2, 0.25) is 0 Å². The molecule has 22 heavy (non-hydrogen) atoms. The van der Waals surface area contributed by atoms with Gasteiger partial charge in [0.25, 0.3) is 0 Å².